The molecule has 0 atom stereocenters. The van der Waals surface area contributed by atoms with Gasteiger partial charge in [0.1, 0.15) is 12.6 Å². The van der Waals surface area contributed by atoms with Crippen LogP contribution in [0.15, 0.2) is 6.20 Å². The van der Waals surface area contributed by atoms with Crippen LogP contribution in [-0.2, 0) is 6.54 Å². The van der Waals surface area contributed by atoms with E-state index in [0.29, 0.717) is 0 Å². The number of halogens is 3. The van der Waals surface area contributed by atoms with Crippen LogP contribution in [0.25, 0.3) is 0 Å². The molecule has 0 spiro atoms. The number of alkyl halides is 2. The van der Waals surface area contributed by atoms with Crippen molar-refractivity contribution >= 4 is 11.6 Å². The molecule has 0 aliphatic heterocycles. The van der Waals surface area contributed by atoms with Gasteiger partial charge < -0.3 is 0 Å². The second-order valence-corrected chi connectivity index (χ2v) is 2.43. The molecule has 1 rings (SSSR count). The maximum Gasteiger partial charge on any atom is 0.257 e. The van der Waals surface area contributed by atoms with Gasteiger partial charge in [0.2, 0.25) is 0 Å². The highest BCUT2D eigenvalue weighted by atomic mass is 35.5. The summed E-state index contributed by atoms with van der Waals surface area (Å²) in [6.45, 7) is -0.602. The first-order valence-electron chi connectivity index (χ1n) is 3.04. The zero-order chi connectivity index (χ0) is 9.14. The van der Waals surface area contributed by atoms with E-state index in [1.807, 2.05) is 0 Å². The third kappa shape index (κ3) is 1.71. The zero-order valence-corrected chi connectivity index (χ0v) is 6.59. The van der Waals surface area contributed by atoms with Gasteiger partial charge in [-0.15, -0.1) is 0 Å². The van der Waals surface area contributed by atoms with E-state index in [4.69, 9.17) is 16.9 Å². The van der Waals surface area contributed by atoms with Gasteiger partial charge in [0.15, 0.2) is 5.69 Å². The van der Waals surface area contributed by atoms with E-state index in [1.54, 1.807) is 6.07 Å². The van der Waals surface area contributed by atoms with Crippen LogP contribution in [0.3, 0.4) is 0 Å². The van der Waals surface area contributed by atoms with Crippen molar-refractivity contribution in [2.75, 3.05) is 0 Å². The van der Waals surface area contributed by atoms with Gasteiger partial charge in [0.05, 0.1) is 11.2 Å². The van der Waals surface area contributed by atoms with Crippen LogP contribution in [0.1, 0.15) is 5.69 Å². The average Bonchev–Trinajstić information content (AvgIpc) is 2.30. The highest BCUT2D eigenvalue weighted by molar-refractivity contribution is 6.31. The summed E-state index contributed by atoms with van der Waals surface area (Å²) < 4.78 is 24.5. The maximum atomic E-state index is 11.8. The first-order valence-corrected chi connectivity index (χ1v) is 3.42. The standard InChI is InChI=1S/C6H4ClF2N3/c7-4-2-11-12(3-6(8)9)5(4)1-10/h2,6H,3H2. The average molecular weight is 192 g/mol. The molecule has 0 bridgehead atoms. The van der Waals surface area contributed by atoms with Gasteiger partial charge in [-0.05, 0) is 0 Å². The Balaban J connectivity index is 2.94. The Labute approximate surface area is 72.2 Å². The summed E-state index contributed by atoms with van der Waals surface area (Å²) in [6, 6.07) is 1.68. The molecule has 0 aliphatic rings. The van der Waals surface area contributed by atoms with E-state index in [9.17, 15) is 8.78 Å². The monoisotopic (exact) mass is 191 g/mol. The second kappa shape index (κ2) is 3.50. The Morgan fingerprint density at radius 1 is 1.75 bits per heavy atom. The second-order valence-electron chi connectivity index (χ2n) is 2.03. The Kier molecular flexibility index (Phi) is 2.61. The van der Waals surface area contributed by atoms with E-state index in [2.05, 4.69) is 5.10 Å². The molecule has 0 aliphatic carbocycles. The van der Waals surface area contributed by atoms with E-state index >= 15 is 0 Å². The minimum absolute atomic E-state index is 0.0306. The normalized spacial score (nSPS) is 10.2. The Morgan fingerprint density at radius 2 is 2.42 bits per heavy atom. The smallest absolute Gasteiger partial charge is 0.248 e. The largest absolute Gasteiger partial charge is 0.257 e. The van der Waals surface area contributed by atoms with Gasteiger partial charge in [-0.1, -0.05) is 11.6 Å². The summed E-state index contributed by atoms with van der Waals surface area (Å²) in [4.78, 5) is 0. The van der Waals surface area contributed by atoms with E-state index < -0.39 is 13.0 Å². The first kappa shape index (κ1) is 8.94. The third-order valence-corrected chi connectivity index (χ3v) is 1.49. The number of nitrogens with zero attached hydrogens (tertiary/aromatic N) is 3. The predicted octanol–water partition coefficient (Wildman–Crippen LogP) is 1.67. The van der Waals surface area contributed by atoms with Crippen LogP contribution < -0.4 is 0 Å². The minimum Gasteiger partial charge on any atom is -0.248 e. The molecule has 0 unspecified atom stereocenters. The summed E-state index contributed by atoms with van der Waals surface area (Å²) in [5, 5.41) is 12.1. The van der Waals surface area contributed by atoms with Crippen molar-refractivity contribution in [1.29, 1.82) is 5.26 Å². The first-order chi connectivity index (χ1) is 5.65. The molecule has 0 N–H and O–H groups in total. The van der Waals surface area contributed by atoms with Crippen LogP contribution in [0.2, 0.25) is 5.02 Å². The molecule has 1 aromatic rings. The lowest BCUT2D eigenvalue weighted by molar-refractivity contribution is 0.121. The van der Waals surface area contributed by atoms with Crippen molar-refractivity contribution in [2.45, 2.75) is 13.0 Å². The van der Waals surface area contributed by atoms with Crippen molar-refractivity contribution in [3.63, 3.8) is 0 Å². The molecule has 64 valence electrons. The fourth-order valence-electron chi connectivity index (χ4n) is 0.743. The molecule has 0 saturated carbocycles. The number of hydrogen-bond acceptors (Lipinski definition) is 2. The number of nitriles is 1. The summed E-state index contributed by atoms with van der Waals surface area (Å²) in [5.74, 6) is 0. The third-order valence-electron chi connectivity index (χ3n) is 1.21. The van der Waals surface area contributed by atoms with Gasteiger partial charge >= 0.3 is 0 Å². The molecular weight excluding hydrogens is 188 g/mol. The van der Waals surface area contributed by atoms with Crippen LogP contribution >= 0.6 is 11.6 Å². The van der Waals surface area contributed by atoms with Crippen molar-refractivity contribution in [1.82, 2.24) is 9.78 Å². The van der Waals surface area contributed by atoms with Crippen LogP contribution in [-0.4, -0.2) is 16.2 Å². The summed E-state index contributed by atoms with van der Waals surface area (Å²) in [7, 11) is 0. The van der Waals surface area contributed by atoms with Gasteiger partial charge in [0.25, 0.3) is 6.43 Å². The van der Waals surface area contributed by atoms with Gasteiger partial charge in [-0.3, -0.25) is 0 Å². The lowest BCUT2D eigenvalue weighted by Crippen LogP contribution is -2.09. The number of hydrogen-bond donors (Lipinski definition) is 0. The van der Waals surface area contributed by atoms with E-state index in [0.717, 1.165) is 4.68 Å². The summed E-state index contributed by atoms with van der Waals surface area (Å²) in [5.41, 5.74) is -0.0306. The highest BCUT2D eigenvalue weighted by Crippen LogP contribution is 2.14. The molecule has 6 heteroatoms. The molecule has 0 fully saturated rings. The fourth-order valence-corrected chi connectivity index (χ4v) is 0.926. The van der Waals surface area contributed by atoms with Crippen LogP contribution in [0, 0.1) is 11.3 Å². The maximum absolute atomic E-state index is 11.8. The molecule has 0 aromatic carbocycles. The molecule has 3 nitrogen and oxygen atoms in total. The topological polar surface area (TPSA) is 41.6 Å². The quantitative estimate of drug-likeness (QED) is 0.714. The van der Waals surface area contributed by atoms with Crippen molar-refractivity contribution < 1.29 is 8.78 Å². The lowest BCUT2D eigenvalue weighted by atomic mass is 10.4. The Bertz CT molecular complexity index is 315. The molecule has 12 heavy (non-hydrogen) atoms. The van der Waals surface area contributed by atoms with E-state index in [-0.39, 0.29) is 10.7 Å². The number of rotatable bonds is 2. The summed E-state index contributed by atoms with van der Waals surface area (Å²) >= 11 is 5.48. The highest BCUT2D eigenvalue weighted by Gasteiger charge is 2.11. The Morgan fingerprint density at radius 3 is 2.92 bits per heavy atom. The Hall–Kier alpha value is -1.15. The SMILES string of the molecule is N#Cc1c(Cl)cnn1CC(F)F. The molecule has 0 radical (unpaired) electrons. The van der Waals surface area contributed by atoms with E-state index in [1.165, 1.54) is 6.20 Å². The predicted molar refractivity (Wildman–Crippen MR) is 38.0 cm³/mol. The summed E-state index contributed by atoms with van der Waals surface area (Å²) in [6.07, 6.45) is -1.37. The van der Waals surface area contributed by atoms with Gasteiger partial charge in [0, 0.05) is 0 Å². The fraction of sp³-hybridized carbons (Fsp3) is 0.333. The van der Waals surface area contributed by atoms with Crippen LogP contribution in [0.5, 0.6) is 0 Å². The van der Waals surface area contributed by atoms with Gasteiger partial charge in [-0.25, -0.2) is 13.5 Å². The van der Waals surface area contributed by atoms with Crippen molar-refractivity contribution in [3.05, 3.63) is 16.9 Å². The lowest BCUT2D eigenvalue weighted by Gasteiger charge is -1.99. The van der Waals surface area contributed by atoms with Crippen molar-refractivity contribution in [2.24, 2.45) is 0 Å². The zero-order valence-electron chi connectivity index (χ0n) is 5.84. The molecular formula is C6H4ClF2N3. The molecule has 1 aromatic heterocycles. The van der Waals surface area contributed by atoms with Crippen LogP contribution in [0.4, 0.5) is 8.78 Å². The van der Waals surface area contributed by atoms with Gasteiger partial charge in [-0.2, -0.15) is 10.4 Å². The molecule has 0 saturated heterocycles. The minimum atomic E-state index is -2.53. The molecule has 1 heterocycles. The number of aromatic nitrogens is 2. The van der Waals surface area contributed by atoms with Crippen molar-refractivity contribution in [3.8, 4) is 6.07 Å². The molecule has 0 amide bonds.